The first kappa shape index (κ1) is 14.3. The molecule has 106 valence electrons. The predicted molar refractivity (Wildman–Crippen MR) is 75.6 cm³/mol. The standard InChI is InChI=1S/C13H21N3O2S/c1-2-14-13-10-12(8-9-15-13)19(17,18)16-11-6-4-3-5-7-11/h8-11,16H,2-7H2,1H3,(H,14,15). The minimum Gasteiger partial charge on any atom is -0.370 e. The number of hydrogen-bond acceptors (Lipinski definition) is 4. The van der Waals surface area contributed by atoms with Crippen molar-refractivity contribution in [3.8, 4) is 0 Å². The van der Waals surface area contributed by atoms with Crippen molar-refractivity contribution in [3.05, 3.63) is 18.3 Å². The number of pyridine rings is 1. The van der Waals surface area contributed by atoms with Gasteiger partial charge in [-0.2, -0.15) is 0 Å². The van der Waals surface area contributed by atoms with E-state index in [1.54, 1.807) is 6.07 Å². The zero-order valence-electron chi connectivity index (χ0n) is 11.2. The van der Waals surface area contributed by atoms with Gasteiger partial charge in [-0.25, -0.2) is 18.1 Å². The van der Waals surface area contributed by atoms with Gasteiger partial charge in [-0.05, 0) is 25.8 Å². The van der Waals surface area contributed by atoms with Crippen LogP contribution in [0.4, 0.5) is 5.82 Å². The highest BCUT2D eigenvalue weighted by Crippen LogP contribution is 2.20. The Kier molecular flexibility index (Phi) is 4.76. The van der Waals surface area contributed by atoms with Crippen molar-refractivity contribution in [3.63, 3.8) is 0 Å². The Labute approximate surface area is 114 Å². The van der Waals surface area contributed by atoms with Gasteiger partial charge in [-0.3, -0.25) is 0 Å². The van der Waals surface area contributed by atoms with E-state index < -0.39 is 10.0 Å². The summed E-state index contributed by atoms with van der Waals surface area (Å²) >= 11 is 0. The van der Waals surface area contributed by atoms with Crippen LogP contribution in [0, 0.1) is 0 Å². The summed E-state index contributed by atoms with van der Waals surface area (Å²) in [6.07, 6.45) is 6.80. The molecule has 1 aliphatic carbocycles. The molecule has 1 aromatic rings. The number of anilines is 1. The molecule has 1 aromatic heterocycles. The minimum atomic E-state index is -3.43. The van der Waals surface area contributed by atoms with E-state index >= 15 is 0 Å². The molecule has 0 saturated heterocycles. The van der Waals surface area contributed by atoms with E-state index in [-0.39, 0.29) is 10.9 Å². The van der Waals surface area contributed by atoms with Gasteiger partial charge >= 0.3 is 0 Å². The van der Waals surface area contributed by atoms with Crippen molar-refractivity contribution in [2.75, 3.05) is 11.9 Å². The lowest BCUT2D eigenvalue weighted by molar-refractivity contribution is 0.412. The molecule has 5 nitrogen and oxygen atoms in total. The summed E-state index contributed by atoms with van der Waals surface area (Å²) in [6, 6.07) is 3.19. The van der Waals surface area contributed by atoms with Gasteiger partial charge in [0.15, 0.2) is 0 Å². The molecule has 0 spiro atoms. The van der Waals surface area contributed by atoms with Crippen LogP contribution in [-0.2, 0) is 10.0 Å². The monoisotopic (exact) mass is 283 g/mol. The van der Waals surface area contributed by atoms with E-state index in [1.807, 2.05) is 6.92 Å². The van der Waals surface area contributed by atoms with Crippen LogP contribution in [0.5, 0.6) is 0 Å². The maximum atomic E-state index is 12.3. The molecule has 2 N–H and O–H groups in total. The molecule has 0 radical (unpaired) electrons. The first-order valence-corrected chi connectivity index (χ1v) is 8.32. The first-order chi connectivity index (χ1) is 9.12. The van der Waals surface area contributed by atoms with E-state index in [0.29, 0.717) is 12.4 Å². The van der Waals surface area contributed by atoms with Crippen LogP contribution in [0.15, 0.2) is 23.2 Å². The fourth-order valence-electron chi connectivity index (χ4n) is 2.36. The van der Waals surface area contributed by atoms with Crippen LogP contribution in [-0.4, -0.2) is 26.0 Å². The quantitative estimate of drug-likeness (QED) is 0.868. The van der Waals surface area contributed by atoms with E-state index in [1.165, 1.54) is 18.7 Å². The molecular formula is C13H21N3O2S. The Bertz CT molecular complexity index is 510. The highest BCUT2D eigenvalue weighted by Gasteiger charge is 2.22. The SMILES string of the molecule is CCNc1cc(S(=O)(=O)NC2CCCCC2)ccn1. The molecule has 1 fully saturated rings. The second kappa shape index (κ2) is 6.34. The average Bonchev–Trinajstić information content (AvgIpc) is 2.40. The van der Waals surface area contributed by atoms with Crippen molar-refractivity contribution < 1.29 is 8.42 Å². The summed E-state index contributed by atoms with van der Waals surface area (Å²) in [7, 11) is -3.43. The Morgan fingerprint density at radius 1 is 1.32 bits per heavy atom. The average molecular weight is 283 g/mol. The van der Waals surface area contributed by atoms with Gasteiger partial charge in [0.25, 0.3) is 0 Å². The number of nitrogens with one attached hydrogen (secondary N) is 2. The van der Waals surface area contributed by atoms with E-state index in [0.717, 1.165) is 25.7 Å². The number of hydrogen-bond donors (Lipinski definition) is 2. The molecule has 0 unspecified atom stereocenters. The molecule has 0 bridgehead atoms. The van der Waals surface area contributed by atoms with Gasteiger partial charge in [-0.1, -0.05) is 19.3 Å². The van der Waals surface area contributed by atoms with Crippen molar-refractivity contribution in [1.29, 1.82) is 0 Å². The van der Waals surface area contributed by atoms with Gasteiger partial charge in [0.2, 0.25) is 10.0 Å². The summed E-state index contributed by atoms with van der Waals surface area (Å²) in [5, 5.41) is 3.02. The van der Waals surface area contributed by atoms with Crippen LogP contribution < -0.4 is 10.0 Å². The Morgan fingerprint density at radius 2 is 2.05 bits per heavy atom. The lowest BCUT2D eigenvalue weighted by Crippen LogP contribution is -2.36. The van der Waals surface area contributed by atoms with Gasteiger partial charge in [-0.15, -0.1) is 0 Å². The Morgan fingerprint density at radius 3 is 2.74 bits per heavy atom. The third-order valence-corrected chi connectivity index (χ3v) is 4.84. The summed E-state index contributed by atoms with van der Waals surface area (Å²) in [5.41, 5.74) is 0. The number of sulfonamides is 1. The van der Waals surface area contributed by atoms with Gasteiger partial charge in [0, 0.05) is 24.8 Å². The van der Waals surface area contributed by atoms with Crippen molar-refractivity contribution >= 4 is 15.8 Å². The molecule has 0 aromatic carbocycles. The first-order valence-electron chi connectivity index (χ1n) is 6.84. The predicted octanol–water partition coefficient (Wildman–Crippen LogP) is 2.12. The third kappa shape index (κ3) is 3.91. The maximum absolute atomic E-state index is 12.3. The molecule has 1 aliphatic rings. The third-order valence-electron chi connectivity index (χ3n) is 3.33. The van der Waals surface area contributed by atoms with Crippen LogP contribution in [0.2, 0.25) is 0 Å². The molecule has 2 rings (SSSR count). The zero-order chi connectivity index (χ0) is 13.7. The van der Waals surface area contributed by atoms with Crippen molar-refractivity contribution in [2.24, 2.45) is 0 Å². The van der Waals surface area contributed by atoms with Gasteiger partial charge < -0.3 is 5.32 Å². The minimum absolute atomic E-state index is 0.0782. The Balaban J connectivity index is 2.11. The van der Waals surface area contributed by atoms with Crippen LogP contribution in [0.25, 0.3) is 0 Å². The van der Waals surface area contributed by atoms with Crippen molar-refractivity contribution in [1.82, 2.24) is 9.71 Å². The van der Waals surface area contributed by atoms with Gasteiger partial charge in [0.1, 0.15) is 5.82 Å². The number of nitrogens with zero attached hydrogens (tertiary/aromatic N) is 1. The highest BCUT2D eigenvalue weighted by molar-refractivity contribution is 7.89. The van der Waals surface area contributed by atoms with E-state index in [4.69, 9.17) is 0 Å². The van der Waals surface area contributed by atoms with E-state index in [2.05, 4.69) is 15.0 Å². The molecular weight excluding hydrogens is 262 g/mol. The summed E-state index contributed by atoms with van der Waals surface area (Å²) < 4.78 is 27.4. The van der Waals surface area contributed by atoms with Crippen LogP contribution >= 0.6 is 0 Å². The summed E-state index contributed by atoms with van der Waals surface area (Å²) in [5.74, 6) is 0.592. The zero-order valence-corrected chi connectivity index (χ0v) is 12.0. The number of aromatic nitrogens is 1. The van der Waals surface area contributed by atoms with E-state index in [9.17, 15) is 8.42 Å². The lowest BCUT2D eigenvalue weighted by Gasteiger charge is -2.22. The van der Waals surface area contributed by atoms with Crippen LogP contribution in [0.1, 0.15) is 39.0 Å². The van der Waals surface area contributed by atoms with Crippen molar-refractivity contribution in [2.45, 2.75) is 50.0 Å². The normalized spacial score (nSPS) is 17.3. The summed E-state index contributed by atoms with van der Waals surface area (Å²) in [4.78, 5) is 4.37. The maximum Gasteiger partial charge on any atom is 0.241 e. The highest BCUT2D eigenvalue weighted by atomic mass is 32.2. The fraction of sp³-hybridized carbons (Fsp3) is 0.615. The topological polar surface area (TPSA) is 71.1 Å². The van der Waals surface area contributed by atoms with Crippen LogP contribution in [0.3, 0.4) is 0 Å². The molecule has 19 heavy (non-hydrogen) atoms. The lowest BCUT2D eigenvalue weighted by atomic mass is 9.96. The molecule has 0 atom stereocenters. The molecule has 0 aliphatic heterocycles. The summed E-state index contributed by atoms with van der Waals surface area (Å²) in [6.45, 7) is 2.66. The molecule has 6 heteroatoms. The Hall–Kier alpha value is -1.14. The fourth-order valence-corrected chi connectivity index (χ4v) is 3.68. The number of rotatable bonds is 5. The van der Waals surface area contributed by atoms with Gasteiger partial charge in [0.05, 0.1) is 4.90 Å². The largest absolute Gasteiger partial charge is 0.370 e. The second-order valence-electron chi connectivity index (χ2n) is 4.86. The second-order valence-corrected chi connectivity index (χ2v) is 6.58. The molecule has 0 amide bonds. The molecule has 1 saturated carbocycles. The smallest absolute Gasteiger partial charge is 0.241 e. The molecule has 1 heterocycles.